The molecule has 0 aliphatic rings. The maximum Gasteiger partial charge on any atom is 0.274 e. The van der Waals surface area contributed by atoms with Gasteiger partial charge in [0.05, 0.1) is 12.8 Å². The van der Waals surface area contributed by atoms with Crippen LogP contribution in [0.2, 0.25) is 0 Å². The number of aromatic nitrogens is 2. The minimum atomic E-state index is -0.316. The summed E-state index contributed by atoms with van der Waals surface area (Å²) < 4.78 is 5.27. The van der Waals surface area contributed by atoms with Crippen molar-refractivity contribution in [2.45, 2.75) is 20.4 Å². The molecular weight excluding hydrogens is 340 g/mol. The van der Waals surface area contributed by atoms with Crippen LogP contribution in [0.1, 0.15) is 27.3 Å². The van der Waals surface area contributed by atoms with Crippen molar-refractivity contribution >= 4 is 17.5 Å². The lowest BCUT2D eigenvalue weighted by molar-refractivity contribution is 0.102. The molecule has 6 heteroatoms. The van der Waals surface area contributed by atoms with Crippen LogP contribution in [0.5, 0.6) is 5.75 Å². The van der Waals surface area contributed by atoms with Crippen LogP contribution in [0.3, 0.4) is 0 Å². The first-order chi connectivity index (χ1) is 13.1. The maximum absolute atomic E-state index is 12.6. The van der Waals surface area contributed by atoms with Crippen molar-refractivity contribution < 1.29 is 9.53 Å². The van der Waals surface area contributed by atoms with E-state index in [4.69, 9.17) is 4.74 Å². The summed E-state index contributed by atoms with van der Waals surface area (Å²) in [7, 11) is 1.56. The molecule has 0 saturated carbocycles. The number of methoxy groups -OCH3 is 1. The topological polar surface area (TPSA) is 76.1 Å². The largest absolute Gasteiger partial charge is 0.495 e. The zero-order chi connectivity index (χ0) is 19.2. The fourth-order valence-electron chi connectivity index (χ4n) is 2.68. The van der Waals surface area contributed by atoms with Crippen LogP contribution < -0.4 is 15.4 Å². The zero-order valence-corrected chi connectivity index (χ0v) is 15.6. The number of rotatable bonds is 6. The number of nitrogens with zero attached hydrogens (tertiary/aromatic N) is 2. The van der Waals surface area contributed by atoms with Gasteiger partial charge < -0.3 is 15.4 Å². The molecule has 0 unspecified atom stereocenters. The molecule has 0 spiro atoms. The fourth-order valence-corrected chi connectivity index (χ4v) is 2.68. The van der Waals surface area contributed by atoms with Crippen LogP contribution in [0.25, 0.3) is 0 Å². The molecule has 6 nitrogen and oxygen atoms in total. The van der Waals surface area contributed by atoms with Crippen molar-refractivity contribution in [1.82, 2.24) is 9.97 Å². The molecule has 27 heavy (non-hydrogen) atoms. The number of carbonyl (C=O) groups is 1. The van der Waals surface area contributed by atoms with Gasteiger partial charge in [0.2, 0.25) is 5.95 Å². The highest BCUT2D eigenvalue weighted by molar-refractivity contribution is 6.03. The van der Waals surface area contributed by atoms with Crippen molar-refractivity contribution in [3.8, 4) is 5.75 Å². The minimum Gasteiger partial charge on any atom is -0.495 e. The van der Waals surface area contributed by atoms with E-state index in [-0.39, 0.29) is 5.91 Å². The van der Waals surface area contributed by atoms with Crippen molar-refractivity contribution in [3.63, 3.8) is 0 Å². The first kappa shape index (κ1) is 18.4. The molecule has 2 N–H and O–H groups in total. The average molecular weight is 362 g/mol. The number of ether oxygens (including phenoxy) is 1. The molecule has 0 bridgehead atoms. The number of aryl methyl sites for hydroxylation is 2. The van der Waals surface area contributed by atoms with Gasteiger partial charge in [0.1, 0.15) is 11.4 Å². The fraction of sp³-hybridized carbons (Fsp3) is 0.190. The van der Waals surface area contributed by atoms with Gasteiger partial charge in [-0.25, -0.2) is 9.97 Å². The molecule has 3 aromatic rings. The van der Waals surface area contributed by atoms with E-state index in [1.54, 1.807) is 25.3 Å². The molecule has 0 fully saturated rings. The molecule has 0 saturated heterocycles. The number of hydrogen-bond acceptors (Lipinski definition) is 5. The van der Waals surface area contributed by atoms with Gasteiger partial charge in [0.25, 0.3) is 5.91 Å². The first-order valence-electron chi connectivity index (χ1n) is 8.65. The second kappa shape index (κ2) is 8.31. The van der Waals surface area contributed by atoms with E-state index in [9.17, 15) is 4.79 Å². The molecule has 0 radical (unpaired) electrons. The number of hydrogen-bond donors (Lipinski definition) is 2. The number of benzene rings is 2. The van der Waals surface area contributed by atoms with Gasteiger partial charge >= 0.3 is 0 Å². The summed E-state index contributed by atoms with van der Waals surface area (Å²) in [4.78, 5) is 21.4. The lowest BCUT2D eigenvalue weighted by atomic mass is 10.1. The maximum atomic E-state index is 12.6. The molecular formula is C21H22N4O2. The second-order valence-electron chi connectivity index (χ2n) is 6.15. The van der Waals surface area contributed by atoms with Crippen molar-refractivity contribution in [2.24, 2.45) is 0 Å². The van der Waals surface area contributed by atoms with Crippen LogP contribution in [0.4, 0.5) is 11.6 Å². The molecule has 1 aromatic heterocycles. The Balaban J connectivity index is 1.76. The average Bonchev–Trinajstić information content (AvgIpc) is 2.67. The Kier molecular flexibility index (Phi) is 5.66. The number of carbonyl (C=O) groups excluding carboxylic acids is 1. The van der Waals surface area contributed by atoms with Gasteiger partial charge in [0, 0.05) is 12.2 Å². The van der Waals surface area contributed by atoms with E-state index in [1.807, 2.05) is 37.3 Å². The van der Waals surface area contributed by atoms with Crippen molar-refractivity contribution in [1.29, 1.82) is 0 Å². The van der Waals surface area contributed by atoms with Crippen molar-refractivity contribution in [2.75, 3.05) is 17.7 Å². The van der Waals surface area contributed by atoms with Crippen LogP contribution >= 0.6 is 0 Å². The van der Waals surface area contributed by atoms with E-state index in [1.165, 1.54) is 5.56 Å². The Morgan fingerprint density at radius 2 is 1.78 bits per heavy atom. The summed E-state index contributed by atoms with van der Waals surface area (Å²) >= 11 is 0. The summed E-state index contributed by atoms with van der Waals surface area (Å²) in [5.41, 5.74) is 3.94. The summed E-state index contributed by atoms with van der Waals surface area (Å²) in [6.07, 6.45) is 0. The van der Waals surface area contributed by atoms with E-state index < -0.39 is 0 Å². The summed E-state index contributed by atoms with van der Waals surface area (Å²) in [6.45, 7) is 4.48. The lowest BCUT2D eigenvalue weighted by Crippen LogP contribution is -2.16. The number of nitrogens with one attached hydrogen (secondary N) is 2. The predicted molar refractivity (Wildman–Crippen MR) is 106 cm³/mol. The second-order valence-corrected chi connectivity index (χ2v) is 6.15. The monoisotopic (exact) mass is 362 g/mol. The molecule has 2 aromatic carbocycles. The number of amides is 1. The zero-order valence-electron chi connectivity index (χ0n) is 15.6. The molecule has 0 aliphatic carbocycles. The Morgan fingerprint density at radius 3 is 2.56 bits per heavy atom. The van der Waals surface area contributed by atoms with Gasteiger partial charge in [-0.3, -0.25) is 4.79 Å². The van der Waals surface area contributed by atoms with Crippen LogP contribution in [-0.2, 0) is 6.54 Å². The van der Waals surface area contributed by atoms with E-state index >= 15 is 0 Å². The highest BCUT2D eigenvalue weighted by Crippen LogP contribution is 2.23. The third kappa shape index (κ3) is 4.61. The van der Waals surface area contributed by atoms with Crippen molar-refractivity contribution in [3.05, 3.63) is 77.1 Å². The summed E-state index contributed by atoms with van der Waals surface area (Å²) in [6, 6.07) is 17.0. The molecule has 0 aliphatic heterocycles. The van der Waals surface area contributed by atoms with Crippen LogP contribution in [0.15, 0.2) is 54.6 Å². The quantitative estimate of drug-likeness (QED) is 0.694. The Hall–Kier alpha value is -3.41. The Labute approximate surface area is 158 Å². The molecule has 1 amide bonds. The molecule has 0 atom stereocenters. The van der Waals surface area contributed by atoms with Gasteiger partial charge in [-0.15, -0.1) is 0 Å². The van der Waals surface area contributed by atoms with Crippen LogP contribution in [0, 0.1) is 13.8 Å². The van der Waals surface area contributed by atoms with Gasteiger partial charge in [0.15, 0.2) is 0 Å². The molecule has 138 valence electrons. The van der Waals surface area contributed by atoms with E-state index in [0.29, 0.717) is 35.3 Å². The Bertz CT molecular complexity index is 956. The summed E-state index contributed by atoms with van der Waals surface area (Å²) in [5.74, 6) is 0.696. The van der Waals surface area contributed by atoms with Crippen LogP contribution in [-0.4, -0.2) is 23.0 Å². The first-order valence-corrected chi connectivity index (χ1v) is 8.65. The molecule has 1 heterocycles. The highest BCUT2D eigenvalue weighted by atomic mass is 16.5. The number of para-hydroxylation sites is 2. The standard InChI is InChI=1S/C21H22N4O2/c1-14-8-4-5-9-16(14)13-22-21-23-15(2)12-18(25-21)20(26)24-17-10-6-7-11-19(17)27-3/h4-12H,13H2,1-3H3,(H,24,26)(H,22,23,25). The normalized spacial score (nSPS) is 10.3. The third-order valence-electron chi connectivity index (χ3n) is 4.14. The number of anilines is 2. The Morgan fingerprint density at radius 1 is 1.04 bits per heavy atom. The summed E-state index contributed by atoms with van der Waals surface area (Å²) in [5, 5.41) is 6.03. The smallest absolute Gasteiger partial charge is 0.274 e. The predicted octanol–water partition coefficient (Wildman–Crippen LogP) is 3.97. The highest BCUT2D eigenvalue weighted by Gasteiger charge is 2.13. The van der Waals surface area contributed by atoms with E-state index in [0.717, 1.165) is 5.56 Å². The molecule has 3 rings (SSSR count). The van der Waals surface area contributed by atoms with Gasteiger partial charge in [-0.2, -0.15) is 0 Å². The minimum absolute atomic E-state index is 0.292. The van der Waals surface area contributed by atoms with Gasteiger partial charge in [-0.05, 0) is 43.2 Å². The van der Waals surface area contributed by atoms with E-state index in [2.05, 4.69) is 33.6 Å². The lowest BCUT2D eigenvalue weighted by Gasteiger charge is -2.11. The third-order valence-corrected chi connectivity index (χ3v) is 4.14. The SMILES string of the molecule is COc1ccccc1NC(=O)c1cc(C)nc(NCc2ccccc2C)n1. The van der Waals surface area contributed by atoms with Gasteiger partial charge in [-0.1, -0.05) is 36.4 Å².